The lowest BCUT2D eigenvalue weighted by molar-refractivity contribution is 0.0702. The van der Waals surface area contributed by atoms with Gasteiger partial charge in [-0.05, 0) is 30.2 Å². The van der Waals surface area contributed by atoms with E-state index in [4.69, 9.17) is 19.3 Å². The molecular formula is C15H16O5S. The third-order valence-corrected chi connectivity index (χ3v) is 3.92. The first-order valence-electron chi connectivity index (χ1n) is 6.21. The van der Waals surface area contributed by atoms with Crippen LogP contribution < -0.4 is 14.2 Å². The Balaban J connectivity index is 2.13. The van der Waals surface area contributed by atoms with Gasteiger partial charge < -0.3 is 19.3 Å². The van der Waals surface area contributed by atoms with Gasteiger partial charge in [0.1, 0.15) is 17.2 Å². The van der Waals surface area contributed by atoms with Gasteiger partial charge in [-0.1, -0.05) is 0 Å². The van der Waals surface area contributed by atoms with Crippen molar-refractivity contribution in [3.8, 4) is 17.2 Å². The zero-order valence-electron chi connectivity index (χ0n) is 12.0. The van der Waals surface area contributed by atoms with Crippen molar-refractivity contribution in [2.75, 3.05) is 14.2 Å². The summed E-state index contributed by atoms with van der Waals surface area (Å²) in [5.74, 6) is 0.907. The minimum atomic E-state index is -0.947. The Hall–Kier alpha value is -2.21. The van der Waals surface area contributed by atoms with E-state index in [2.05, 4.69) is 0 Å². The lowest BCUT2D eigenvalue weighted by atomic mass is 10.1. The predicted molar refractivity (Wildman–Crippen MR) is 79.9 cm³/mol. The first kappa shape index (κ1) is 15.2. The summed E-state index contributed by atoms with van der Waals surface area (Å²) in [5.41, 5.74) is 1.97. The second-order valence-electron chi connectivity index (χ2n) is 4.37. The number of thiophene rings is 1. The lowest BCUT2D eigenvalue weighted by Crippen LogP contribution is -2.00. The quantitative estimate of drug-likeness (QED) is 0.886. The van der Waals surface area contributed by atoms with Crippen LogP contribution in [0.5, 0.6) is 17.2 Å². The molecule has 0 aliphatic carbocycles. The van der Waals surface area contributed by atoms with E-state index in [0.29, 0.717) is 23.9 Å². The number of carboxylic acids is 1. The van der Waals surface area contributed by atoms with Gasteiger partial charge in [0.15, 0.2) is 11.5 Å². The van der Waals surface area contributed by atoms with Gasteiger partial charge in [-0.3, -0.25) is 0 Å². The fourth-order valence-electron chi connectivity index (χ4n) is 1.85. The summed E-state index contributed by atoms with van der Waals surface area (Å²) in [6, 6.07) is 5.26. The Morgan fingerprint density at radius 2 is 1.86 bits per heavy atom. The zero-order chi connectivity index (χ0) is 15.4. The second kappa shape index (κ2) is 6.49. The Labute approximate surface area is 126 Å². The van der Waals surface area contributed by atoms with Crippen molar-refractivity contribution in [2.45, 2.75) is 13.5 Å². The molecule has 2 rings (SSSR count). The summed E-state index contributed by atoms with van der Waals surface area (Å²) in [5, 5.41) is 10.6. The third kappa shape index (κ3) is 3.46. The van der Waals surface area contributed by atoms with Crippen LogP contribution in [0.4, 0.5) is 0 Å². The molecular weight excluding hydrogens is 292 g/mol. The molecule has 21 heavy (non-hydrogen) atoms. The van der Waals surface area contributed by atoms with E-state index in [9.17, 15) is 4.79 Å². The molecule has 0 saturated heterocycles. The molecule has 1 aromatic heterocycles. The van der Waals surface area contributed by atoms with Gasteiger partial charge in [-0.25, -0.2) is 4.79 Å². The van der Waals surface area contributed by atoms with Gasteiger partial charge in [0.25, 0.3) is 0 Å². The molecule has 0 aliphatic rings. The molecule has 0 aliphatic heterocycles. The highest BCUT2D eigenvalue weighted by Crippen LogP contribution is 2.31. The maximum atomic E-state index is 10.8. The molecule has 1 N–H and O–H groups in total. The van der Waals surface area contributed by atoms with Crippen LogP contribution in [-0.4, -0.2) is 25.3 Å². The molecule has 1 heterocycles. The standard InChI is InChI=1S/C15H16O5S/c1-9-4-12(18-2)13(19-3)5-10(9)7-20-11-6-14(15(16)17)21-8-11/h4-6,8H,7H2,1-3H3,(H,16,17). The topological polar surface area (TPSA) is 65.0 Å². The molecule has 0 radical (unpaired) electrons. The summed E-state index contributed by atoms with van der Waals surface area (Å²) >= 11 is 1.14. The number of methoxy groups -OCH3 is 2. The van der Waals surface area contributed by atoms with Crippen molar-refractivity contribution in [1.29, 1.82) is 0 Å². The Morgan fingerprint density at radius 1 is 1.19 bits per heavy atom. The van der Waals surface area contributed by atoms with Crippen LogP contribution in [-0.2, 0) is 6.61 Å². The molecule has 6 heteroatoms. The molecule has 0 saturated carbocycles. The van der Waals surface area contributed by atoms with E-state index in [0.717, 1.165) is 22.5 Å². The smallest absolute Gasteiger partial charge is 0.346 e. The maximum absolute atomic E-state index is 10.8. The van der Waals surface area contributed by atoms with Gasteiger partial charge in [-0.15, -0.1) is 11.3 Å². The van der Waals surface area contributed by atoms with E-state index in [1.165, 1.54) is 6.07 Å². The Morgan fingerprint density at radius 3 is 2.43 bits per heavy atom. The molecule has 0 amide bonds. The minimum Gasteiger partial charge on any atom is -0.493 e. The van der Waals surface area contributed by atoms with Crippen molar-refractivity contribution in [1.82, 2.24) is 0 Å². The van der Waals surface area contributed by atoms with E-state index >= 15 is 0 Å². The molecule has 112 valence electrons. The number of carbonyl (C=O) groups is 1. The minimum absolute atomic E-state index is 0.258. The highest BCUT2D eigenvalue weighted by Gasteiger charge is 2.11. The molecule has 0 fully saturated rings. The molecule has 5 nitrogen and oxygen atoms in total. The summed E-state index contributed by atoms with van der Waals surface area (Å²) in [6.45, 7) is 2.29. The SMILES string of the molecule is COc1cc(C)c(COc2csc(C(=O)O)c2)cc1OC. The van der Waals surface area contributed by atoms with Crippen LogP contribution in [0.1, 0.15) is 20.8 Å². The predicted octanol–water partition coefficient (Wildman–Crippen LogP) is 3.35. The maximum Gasteiger partial charge on any atom is 0.346 e. The number of ether oxygens (including phenoxy) is 3. The van der Waals surface area contributed by atoms with Crippen LogP contribution in [0, 0.1) is 6.92 Å². The van der Waals surface area contributed by atoms with E-state index in [-0.39, 0.29) is 4.88 Å². The van der Waals surface area contributed by atoms with Crippen molar-refractivity contribution >= 4 is 17.3 Å². The number of aromatic carboxylic acids is 1. The molecule has 1 aromatic carbocycles. The molecule has 0 bridgehead atoms. The number of hydrogen-bond acceptors (Lipinski definition) is 5. The summed E-state index contributed by atoms with van der Waals surface area (Å²) in [4.78, 5) is 11.1. The normalized spacial score (nSPS) is 10.2. The van der Waals surface area contributed by atoms with Crippen LogP contribution in [0.25, 0.3) is 0 Å². The van der Waals surface area contributed by atoms with Crippen molar-refractivity contribution < 1.29 is 24.1 Å². The largest absolute Gasteiger partial charge is 0.493 e. The number of aryl methyl sites for hydroxylation is 1. The first-order valence-corrected chi connectivity index (χ1v) is 7.09. The van der Waals surface area contributed by atoms with Crippen molar-refractivity contribution in [3.63, 3.8) is 0 Å². The summed E-state index contributed by atoms with van der Waals surface area (Å²) < 4.78 is 16.1. The van der Waals surface area contributed by atoms with E-state index in [1.54, 1.807) is 19.6 Å². The van der Waals surface area contributed by atoms with Crippen LogP contribution in [0.3, 0.4) is 0 Å². The Kier molecular flexibility index (Phi) is 4.70. The molecule has 0 unspecified atom stereocenters. The average molecular weight is 308 g/mol. The number of rotatable bonds is 6. The fraction of sp³-hybridized carbons (Fsp3) is 0.267. The first-order chi connectivity index (χ1) is 10.0. The van der Waals surface area contributed by atoms with Crippen LogP contribution >= 0.6 is 11.3 Å². The molecule has 2 aromatic rings. The van der Waals surface area contributed by atoms with Gasteiger partial charge in [0.05, 0.1) is 14.2 Å². The fourth-order valence-corrected chi connectivity index (χ4v) is 2.51. The van der Waals surface area contributed by atoms with Gasteiger partial charge in [0.2, 0.25) is 0 Å². The van der Waals surface area contributed by atoms with Crippen LogP contribution in [0.15, 0.2) is 23.6 Å². The van der Waals surface area contributed by atoms with Crippen LogP contribution in [0.2, 0.25) is 0 Å². The third-order valence-electron chi connectivity index (χ3n) is 3.02. The van der Waals surface area contributed by atoms with E-state index < -0.39 is 5.97 Å². The highest BCUT2D eigenvalue weighted by atomic mass is 32.1. The molecule has 0 atom stereocenters. The van der Waals surface area contributed by atoms with Gasteiger partial charge in [0, 0.05) is 11.4 Å². The summed E-state index contributed by atoms with van der Waals surface area (Å²) in [7, 11) is 3.17. The van der Waals surface area contributed by atoms with Gasteiger partial charge in [-0.2, -0.15) is 0 Å². The Bertz CT molecular complexity index is 648. The zero-order valence-corrected chi connectivity index (χ0v) is 12.8. The monoisotopic (exact) mass is 308 g/mol. The van der Waals surface area contributed by atoms with E-state index in [1.807, 2.05) is 19.1 Å². The highest BCUT2D eigenvalue weighted by molar-refractivity contribution is 7.12. The number of hydrogen-bond donors (Lipinski definition) is 1. The second-order valence-corrected chi connectivity index (χ2v) is 5.29. The van der Waals surface area contributed by atoms with Gasteiger partial charge >= 0.3 is 5.97 Å². The summed E-state index contributed by atoms with van der Waals surface area (Å²) in [6.07, 6.45) is 0. The van der Waals surface area contributed by atoms with Crippen molar-refractivity contribution in [2.24, 2.45) is 0 Å². The number of benzene rings is 1. The average Bonchev–Trinajstić information content (AvgIpc) is 2.94. The lowest BCUT2D eigenvalue weighted by Gasteiger charge is -2.13. The van der Waals surface area contributed by atoms with Crippen molar-refractivity contribution in [3.05, 3.63) is 39.6 Å². The molecule has 0 spiro atoms. The number of carboxylic acid groups (broad SMARTS) is 1.